The Labute approximate surface area is 206 Å². The second-order valence-corrected chi connectivity index (χ2v) is 11.2. The number of nitrogens with zero attached hydrogens (tertiary/aromatic N) is 3. The van der Waals surface area contributed by atoms with Crippen LogP contribution >= 0.6 is 0 Å². The number of hydrogen-bond acceptors (Lipinski definition) is 8. The molecule has 3 heterocycles. The van der Waals surface area contributed by atoms with Crippen LogP contribution < -0.4 is 4.90 Å². The zero-order chi connectivity index (χ0) is 26.3. The van der Waals surface area contributed by atoms with Crippen molar-refractivity contribution in [3.8, 4) is 0 Å². The van der Waals surface area contributed by atoms with Crippen molar-refractivity contribution >= 4 is 33.4 Å². The maximum atomic E-state index is 13.3. The molecule has 4 rings (SSSR count). The van der Waals surface area contributed by atoms with E-state index in [1.807, 2.05) is 43.3 Å². The number of para-hydroxylation sites is 1. The topological polar surface area (TPSA) is 145 Å². The third-order valence-corrected chi connectivity index (χ3v) is 8.33. The van der Waals surface area contributed by atoms with E-state index in [9.17, 15) is 13.2 Å². The highest BCUT2D eigenvalue weighted by Gasteiger charge is 2.53. The van der Waals surface area contributed by atoms with E-state index < -0.39 is 27.0 Å². The molecule has 0 saturated carbocycles. The average Bonchev–Trinajstić information content (AvgIpc) is 3.32. The third kappa shape index (κ3) is 7.64. The van der Waals surface area contributed by atoms with Gasteiger partial charge < -0.3 is 29.6 Å². The summed E-state index contributed by atoms with van der Waals surface area (Å²) >= 11 is 0. The summed E-state index contributed by atoms with van der Waals surface area (Å²) in [5.41, 5.74) is 1.56. The lowest BCUT2D eigenvalue weighted by atomic mass is 10.00. The summed E-state index contributed by atoms with van der Waals surface area (Å²) in [6, 6.07) is 7.60. The van der Waals surface area contributed by atoms with Crippen LogP contribution in [0.2, 0.25) is 0 Å². The summed E-state index contributed by atoms with van der Waals surface area (Å²) in [6.07, 6.45) is 0. The van der Waals surface area contributed by atoms with Crippen LogP contribution in [0.3, 0.4) is 0 Å². The molecule has 35 heavy (non-hydrogen) atoms. The molecule has 0 unspecified atom stereocenters. The largest absolute Gasteiger partial charge is 0.481 e. The number of morpholine rings is 1. The van der Waals surface area contributed by atoms with Crippen molar-refractivity contribution in [3.05, 3.63) is 29.8 Å². The summed E-state index contributed by atoms with van der Waals surface area (Å²) < 4.78 is 30.6. The number of carboxylic acid groups (broad SMARTS) is 2. The minimum Gasteiger partial charge on any atom is -0.481 e. The van der Waals surface area contributed by atoms with E-state index >= 15 is 0 Å². The number of ether oxygens (including phenoxy) is 1. The first kappa shape index (κ1) is 28.5. The van der Waals surface area contributed by atoms with Gasteiger partial charge >= 0.3 is 0 Å². The molecule has 11 nitrogen and oxygen atoms in total. The number of carbonyl (C=O) groups is 3. The zero-order valence-electron chi connectivity index (χ0n) is 20.6. The number of carboxylic acids is 2. The van der Waals surface area contributed by atoms with Crippen molar-refractivity contribution in [2.45, 2.75) is 25.1 Å². The van der Waals surface area contributed by atoms with Gasteiger partial charge in [-0.05, 0) is 26.2 Å². The number of amides is 1. The lowest BCUT2D eigenvalue weighted by molar-refractivity contribution is -0.135. The number of fused-ring (bicyclic) bond motifs is 1. The fourth-order valence-electron chi connectivity index (χ4n) is 4.64. The molecule has 3 saturated heterocycles. The predicted molar refractivity (Wildman–Crippen MR) is 131 cm³/mol. The van der Waals surface area contributed by atoms with E-state index in [1.165, 1.54) is 0 Å². The summed E-state index contributed by atoms with van der Waals surface area (Å²) in [6.45, 7) is 5.79. The molecule has 0 radical (unpaired) electrons. The lowest BCUT2D eigenvalue weighted by Crippen LogP contribution is -2.40. The maximum Gasteiger partial charge on any atom is 0.300 e. The van der Waals surface area contributed by atoms with E-state index in [2.05, 4.69) is 4.90 Å². The van der Waals surface area contributed by atoms with Gasteiger partial charge in [-0.15, -0.1) is 0 Å². The number of hydrogen-bond donors (Lipinski definition) is 2. The van der Waals surface area contributed by atoms with Crippen LogP contribution in [0.4, 0.5) is 5.69 Å². The molecule has 3 atom stereocenters. The fourth-order valence-corrected chi connectivity index (χ4v) is 7.11. The SMILES string of the molecule is CC(=O)O.CC(=O)O.CN(C)[C@@H]1CS(=O)(=O)[C@H]2CN(C(=O)c3ccccc3N3CCOCC3)C[C@@H]12. The number of benzene rings is 1. The monoisotopic (exact) mass is 513 g/mol. The number of rotatable bonds is 3. The molecule has 1 aromatic rings. The number of sulfone groups is 1. The van der Waals surface area contributed by atoms with Gasteiger partial charge in [-0.25, -0.2) is 8.42 Å². The van der Waals surface area contributed by atoms with Crippen molar-refractivity contribution in [1.29, 1.82) is 0 Å². The van der Waals surface area contributed by atoms with Crippen LogP contribution in [0, 0.1) is 5.92 Å². The van der Waals surface area contributed by atoms with Crippen LogP contribution in [0.1, 0.15) is 24.2 Å². The van der Waals surface area contributed by atoms with E-state index in [-0.39, 0.29) is 23.6 Å². The number of likely N-dealkylation sites (tertiary alicyclic amines) is 1. The normalized spacial score (nSPS) is 24.5. The van der Waals surface area contributed by atoms with Gasteiger partial charge in [-0.1, -0.05) is 12.1 Å². The first-order valence-corrected chi connectivity index (χ1v) is 13.0. The van der Waals surface area contributed by atoms with Crippen LogP contribution in [-0.2, 0) is 24.2 Å². The number of anilines is 1. The van der Waals surface area contributed by atoms with E-state index in [0.717, 1.165) is 32.6 Å². The molecule has 0 spiro atoms. The highest BCUT2D eigenvalue weighted by molar-refractivity contribution is 7.92. The van der Waals surface area contributed by atoms with E-state index in [0.29, 0.717) is 31.9 Å². The van der Waals surface area contributed by atoms with Crippen molar-refractivity contribution < 1.29 is 37.8 Å². The van der Waals surface area contributed by atoms with Crippen molar-refractivity contribution in [2.24, 2.45) is 5.92 Å². The Bertz CT molecular complexity index is 988. The molecule has 12 heteroatoms. The van der Waals surface area contributed by atoms with Gasteiger partial charge in [0.15, 0.2) is 9.84 Å². The molecule has 2 N–H and O–H groups in total. The van der Waals surface area contributed by atoms with Crippen molar-refractivity contribution in [3.63, 3.8) is 0 Å². The Balaban J connectivity index is 0.000000473. The van der Waals surface area contributed by atoms with Gasteiger partial charge in [0.1, 0.15) is 0 Å². The first-order valence-electron chi connectivity index (χ1n) is 11.3. The molecule has 196 valence electrons. The van der Waals surface area contributed by atoms with Gasteiger partial charge in [0.05, 0.1) is 29.8 Å². The zero-order valence-corrected chi connectivity index (χ0v) is 21.4. The molecule has 0 bridgehead atoms. The minimum atomic E-state index is -3.16. The second-order valence-electron chi connectivity index (χ2n) is 8.93. The molecule has 0 aliphatic carbocycles. The minimum absolute atomic E-state index is 0.00972. The Hall–Kier alpha value is -2.70. The molecular formula is C23H35N3O8S. The van der Waals surface area contributed by atoms with E-state index in [4.69, 9.17) is 24.5 Å². The Kier molecular flexibility index (Phi) is 10.0. The fraction of sp³-hybridized carbons (Fsp3) is 0.609. The number of aliphatic carboxylic acids is 2. The summed E-state index contributed by atoms with van der Waals surface area (Å²) in [5, 5.41) is 14.4. The van der Waals surface area contributed by atoms with Crippen LogP contribution in [0.25, 0.3) is 0 Å². The average molecular weight is 514 g/mol. The molecular weight excluding hydrogens is 478 g/mol. The highest BCUT2D eigenvalue weighted by Crippen LogP contribution is 2.37. The Morgan fingerprint density at radius 1 is 1.00 bits per heavy atom. The van der Waals surface area contributed by atoms with E-state index in [1.54, 1.807) is 4.90 Å². The maximum absolute atomic E-state index is 13.3. The van der Waals surface area contributed by atoms with Gasteiger partial charge in [0, 0.05) is 57.7 Å². The van der Waals surface area contributed by atoms with Crippen LogP contribution in [0.5, 0.6) is 0 Å². The molecule has 1 aromatic carbocycles. The van der Waals surface area contributed by atoms with Crippen molar-refractivity contribution in [2.75, 3.05) is 64.1 Å². The number of carbonyl (C=O) groups excluding carboxylic acids is 1. The Morgan fingerprint density at radius 2 is 1.54 bits per heavy atom. The third-order valence-electron chi connectivity index (χ3n) is 6.10. The van der Waals surface area contributed by atoms with Crippen LogP contribution in [-0.4, -0.2) is 117 Å². The van der Waals surface area contributed by atoms with Crippen LogP contribution in [0.15, 0.2) is 24.3 Å². The van der Waals surface area contributed by atoms with Crippen molar-refractivity contribution in [1.82, 2.24) is 9.80 Å². The highest BCUT2D eigenvalue weighted by atomic mass is 32.2. The molecule has 3 aliphatic rings. The van der Waals surface area contributed by atoms with Gasteiger partial charge in [0.25, 0.3) is 17.8 Å². The lowest BCUT2D eigenvalue weighted by Gasteiger charge is -2.31. The molecule has 3 fully saturated rings. The molecule has 0 aromatic heterocycles. The van der Waals surface area contributed by atoms with Gasteiger partial charge in [0.2, 0.25) is 0 Å². The summed E-state index contributed by atoms with van der Waals surface area (Å²) in [7, 11) is 0.675. The summed E-state index contributed by atoms with van der Waals surface area (Å²) in [4.78, 5) is 37.2. The first-order chi connectivity index (χ1) is 16.3. The Morgan fingerprint density at radius 3 is 2.09 bits per heavy atom. The smallest absolute Gasteiger partial charge is 0.300 e. The summed E-state index contributed by atoms with van der Waals surface area (Å²) in [5.74, 6) is -1.55. The second kappa shape index (κ2) is 12.3. The standard InChI is InChI=1S/C19H27N3O4S.2C2H4O2/c1-20(2)17-13-27(24,25)18-12-22(11-15(17)18)19(23)14-5-3-4-6-16(14)21-7-9-26-10-8-21;2*1-2(3)4/h3-6,15,17-18H,7-13H2,1-2H3;2*1H3,(H,3,4)/t15-,17+,18-;;/m0../s1. The van der Waals surface area contributed by atoms with Gasteiger partial charge in [-0.3, -0.25) is 14.4 Å². The molecule has 1 amide bonds. The van der Waals surface area contributed by atoms with Gasteiger partial charge in [-0.2, -0.15) is 0 Å². The molecule has 3 aliphatic heterocycles. The quantitative estimate of drug-likeness (QED) is 0.586. The predicted octanol–water partition coefficient (Wildman–Crippen LogP) is 0.504.